The fourth-order valence-corrected chi connectivity index (χ4v) is 1.20. The van der Waals surface area contributed by atoms with Crippen molar-refractivity contribution in [3.63, 3.8) is 0 Å². The number of hydrogen-bond acceptors (Lipinski definition) is 3. The molecule has 0 unspecified atom stereocenters. The summed E-state index contributed by atoms with van der Waals surface area (Å²) in [4.78, 5) is 0. The summed E-state index contributed by atoms with van der Waals surface area (Å²) in [5.74, 6) is 3.43. The molecule has 0 saturated heterocycles. The second-order valence-corrected chi connectivity index (χ2v) is 3.13. The van der Waals surface area contributed by atoms with Crippen molar-refractivity contribution in [2.24, 2.45) is 0 Å². The lowest BCUT2D eigenvalue weighted by Crippen LogP contribution is -2.14. The van der Waals surface area contributed by atoms with E-state index < -0.39 is 0 Å². The van der Waals surface area contributed by atoms with Crippen LogP contribution >= 0.6 is 0 Å². The standard InChI is InChI=1S/C12H15NO2/c1-3-4-7-13-9-10-5-6-11(15-2)8-12(10)14/h1,5-6,8,13-14H,4,7,9H2,2H3. The fourth-order valence-electron chi connectivity index (χ4n) is 1.20. The molecular weight excluding hydrogens is 190 g/mol. The Morgan fingerprint density at radius 2 is 2.33 bits per heavy atom. The van der Waals surface area contributed by atoms with E-state index >= 15 is 0 Å². The third-order valence-electron chi connectivity index (χ3n) is 2.05. The largest absolute Gasteiger partial charge is 0.507 e. The van der Waals surface area contributed by atoms with Gasteiger partial charge in [-0.2, -0.15) is 0 Å². The smallest absolute Gasteiger partial charge is 0.123 e. The average Bonchev–Trinajstić information content (AvgIpc) is 2.26. The van der Waals surface area contributed by atoms with Gasteiger partial charge in [0.25, 0.3) is 0 Å². The van der Waals surface area contributed by atoms with Crippen LogP contribution in [0.25, 0.3) is 0 Å². The van der Waals surface area contributed by atoms with Gasteiger partial charge in [-0.15, -0.1) is 12.3 Å². The van der Waals surface area contributed by atoms with Gasteiger partial charge in [-0.05, 0) is 6.07 Å². The lowest BCUT2D eigenvalue weighted by Gasteiger charge is -2.07. The number of aromatic hydroxyl groups is 1. The first-order valence-electron chi connectivity index (χ1n) is 4.78. The molecule has 3 heteroatoms. The normalized spacial score (nSPS) is 9.60. The van der Waals surface area contributed by atoms with Crippen LogP contribution < -0.4 is 10.1 Å². The quantitative estimate of drug-likeness (QED) is 0.565. The first-order valence-corrected chi connectivity index (χ1v) is 4.78. The third kappa shape index (κ3) is 3.53. The van der Waals surface area contributed by atoms with Crippen molar-refractivity contribution >= 4 is 0 Å². The molecule has 1 rings (SSSR count). The number of phenols is 1. The SMILES string of the molecule is C#CCCNCc1ccc(OC)cc1O. The molecule has 0 spiro atoms. The Hall–Kier alpha value is -1.66. The zero-order valence-electron chi connectivity index (χ0n) is 8.79. The maximum Gasteiger partial charge on any atom is 0.123 e. The van der Waals surface area contributed by atoms with E-state index in [1.54, 1.807) is 13.2 Å². The van der Waals surface area contributed by atoms with Crippen molar-refractivity contribution in [1.82, 2.24) is 5.32 Å². The van der Waals surface area contributed by atoms with Gasteiger partial charge >= 0.3 is 0 Å². The Morgan fingerprint density at radius 3 is 2.93 bits per heavy atom. The molecule has 0 amide bonds. The molecule has 0 atom stereocenters. The van der Waals surface area contributed by atoms with Crippen LogP contribution in [0.1, 0.15) is 12.0 Å². The van der Waals surface area contributed by atoms with Crippen LogP contribution in [-0.4, -0.2) is 18.8 Å². The van der Waals surface area contributed by atoms with Crippen molar-refractivity contribution in [3.05, 3.63) is 23.8 Å². The van der Waals surface area contributed by atoms with Gasteiger partial charge in [0.2, 0.25) is 0 Å². The Balaban J connectivity index is 2.51. The van der Waals surface area contributed by atoms with Crippen LogP contribution in [0.4, 0.5) is 0 Å². The molecule has 0 aliphatic heterocycles. The van der Waals surface area contributed by atoms with Crippen molar-refractivity contribution in [3.8, 4) is 23.8 Å². The average molecular weight is 205 g/mol. The zero-order valence-corrected chi connectivity index (χ0v) is 8.79. The second kappa shape index (κ2) is 5.94. The molecule has 3 nitrogen and oxygen atoms in total. The minimum Gasteiger partial charge on any atom is -0.507 e. The molecule has 2 N–H and O–H groups in total. The summed E-state index contributed by atoms with van der Waals surface area (Å²) in [6, 6.07) is 5.24. The molecule has 0 fully saturated rings. The van der Waals surface area contributed by atoms with E-state index in [1.165, 1.54) is 0 Å². The van der Waals surface area contributed by atoms with Gasteiger partial charge < -0.3 is 15.2 Å². The predicted molar refractivity (Wildman–Crippen MR) is 59.8 cm³/mol. The number of methoxy groups -OCH3 is 1. The number of rotatable bonds is 5. The van der Waals surface area contributed by atoms with Crippen molar-refractivity contribution in [2.75, 3.05) is 13.7 Å². The molecule has 0 bridgehead atoms. The van der Waals surface area contributed by atoms with Crippen LogP contribution in [-0.2, 0) is 6.54 Å². The maximum atomic E-state index is 9.62. The van der Waals surface area contributed by atoms with Crippen LogP contribution in [0.15, 0.2) is 18.2 Å². The van der Waals surface area contributed by atoms with Crippen LogP contribution in [0, 0.1) is 12.3 Å². The Morgan fingerprint density at radius 1 is 1.53 bits per heavy atom. The van der Waals surface area contributed by atoms with E-state index in [0.29, 0.717) is 18.7 Å². The summed E-state index contributed by atoms with van der Waals surface area (Å²) >= 11 is 0. The van der Waals surface area contributed by atoms with E-state index in [-0.39, 0.29) is 5.75 Å². The summed E-state index contributed by atoms with van der Waals surface area (Å²) in [5.41, 5.74) is 0.841. The van der Waals surface area contributed by atoms with E-state index in [2.05, 4.69) is 11.2 Å². The zero-order chi connectivity index (χ0) is 11.1. The molecule has 1 aromatic rings. The van der Waals surface area contributed by atoms with Crippen LogP contribution in [0.5, 0.6) is 11.5 Å². The van der Waals surface area contributed by atoms with Gasteiger partial charge in [0.05, 0.1) is 7.11 Å². The highest BCUT2D eigenvalue weighted by Gasteiger charge is 2.01. The minimum absolute atomic E-state index is 0.238. The molecule has 0 aliphatic rings. The van der Waals surface area contributed by atoms with E-state index in [4.69, 9.17) is 11.2 Å². The summed E-state index contributed by atoms with van der Waals surface area (Å²) in [6.45, 7) is 1.36. The number of terminal acetylenes is 1. The number of nitrogens with one attached hydrogen (secondary N) is 1. The molecular formula is C12H15NO2. The van der Waals surface area contributed by atoms with E-state index in [0.717, 1.165) is 12.1 Å². The van der Waals surface area contributed by atoms with Crippen molar-refractivity contribution in [1.29, 1.82) is 0 Å². The molecule has 0 heterocycles. The Bertz CT molecular complexity index is 355. The molecule has 15 heavy (non-hydrogen) atoms. The number of phenolic OH excluding ortho intramolecular Hbond substituents is 1. The molecule has 0 radical (unpaired) electrons. The minimum atomic E-state index is 0.238. The van der Waals surface area contributed by atoms with E-state index in [9.17, 15) is 5.11 Å². The predicted octanol–water partition coefficient (Wildman–Crippen LogP) is 1.51. The molecule has 0 aliphatic carbocycles. The maximum absolute atomic E-state index is 9.62. The Labute approximate surface area is 90.1 Å². The van der Waals surface area contributed by atoms with E-state index in [1.807, 2.05) is 12.1 Å². The van der Waals surface area contributed by atoms with Crippen molar-refractivity contribution < 1.29 is 9.84 Å². The highest BCUT2D eigenvalue weighted by molar-refractivity contribution is 5.39. The molecule has 80 valence electrons. The van der Waals surface area contributed by atoms with Gasteiger partial charge in [-0.25, -0.2) is 0 Å². The van der Waals surface area contributed by atoms with Gasteiger partial charge in [-0.3, -0.25) is 0 Å². The van der Waals surface area contributed by atoms with Gasteiger partial charge in [0, 0.05) is 31.1 Å². The van der Waals surface area contributed by atoms with Crippen molar-refractivity contribution in [2.45, 2.75) is 13.0 Å². The lowest BCUT2D eigenvalue weighted by molar-refractivity contribution is 0.406. The van der Waals surface area contributed by atoms with Gasteiger partial charge in [0.15, 0.2) is 0 Å². The molecule has 0 saturated carbocycles. The number of ether oxygens (including phenoxy) is 1. The molecule has 0 aromatic heterocycles. The highest BCUT2D eigenvalue weighted by atomic mass is 16.5. The summed E-state index contributed by atoms with van der Waals surface area (Å²) in [7, 11) is 1.57. The fraction of sp³-hybridized carbons (Fsp3) is 0.333. The van der Waals surface area contributed by atoms with Crippen LogP contribution in [0.2, 0.25) is 0 Å². The van der Waals surface area contributed by atoms with Gasteiger partial charge in [0.1, 0.15) is 11.5 Å². The first-order chi connectivity index (χ1) is 7.27. The number of benzene rings is 1. The lowest BCUT2D eigenvalue weighted by atomic mass is 10.2. The summed E-state index contributed by atoms with van der Waals surface area (Å²) < 4.78 is 4.99. The monoisotopic (exact) mass is 205 g/mol. The summed E-state index contributed by atoms with van der Waals surface area (Å²) in [6.07, 6.45) is 5.81. The topological polar surface area (TPSA) is 41.5 Å². The summed E-state index contributed by atoms with van der Waals surface area (Å²) in [5, 5.41) is 12.8. The first kappa shape index (κ1) is 11.4. The van der Waals surface area contributed by atoms with Crippen LogP contribution in [0.3, 0.4) is 0 Å². The third-order valence-corrected chi connectivity index (χ3v) is 2.05. The Kier molecular flexibility index (Phi) is 4.52. The molecule has 1 aromatic carbocycles. The second-order valence-electron chi connectivity index (χ2n) is 3.13. The van der Waals surface area contributed by atoms with Gasteiger partial charge in [-0.1, -0.05) is 6.07 Å². The highest BCUT2D eigenvalue weighted by Crippen LogP contribution is 2.22. The number of hydrogen-bond donors (Lipinski definition) is 2.